The zero-order valence-corrected chi connectivity index (χ0v) is 12.6. The molecule has 20 heavy (non-hydrogen) atoms. The third-order valence-corrected chi connectivity index (χ3v) is 2.70. The van der Waals surface area contributed by atoms with E-state index in [1.165, 1.54) is 12.1 Å². The lowest BCUT2D eigenvalue weighted by molar-refractivity contribution is -0.124. The zero-order valence-electron chi connectivity index (χ0n) is 12.6. The second-order valence-electron chi connectivity index (χ2n) is 5.94. The molecular formula is C15H22N2O3. The molecule has 0 aromatic heterocycles. The molecule has 0 bridgehead atoms. The van der Waals surface area contributed by atoms with Crippen LogP contribution in [0.4, 0.5) is 0 Å². The highest BCUT2D eigenvalue weighted by atomic mass is 16.3. The Morgan fingerprint density at radius 3 is 2.35 bits per heavy atom. The quantitative estimate of drug-likeness (QED) is 0.788. The van der Waals surface area contributed by atoms with E-state index in [1.54, 1.807) is 19.9 Å². The highest BCUT2D eigenvalue weighted by Crippen LogP contribution is 2.16. The summed E-state index contributed by atoms with van der Waals surface area (Å²) in [5.41, 5.74) is 0.686. The van der Waals surface area contributed by atoms with Crippen molar-refractivity contribution < 1.29 is 14.7 Å². The zero-order chi connectivity index (χ0) is 15.5. The first kappa shape index (κ1) is 16.0. The molecule has 1 aromatic carbocycles. The van der Waals surface area contributed by atoms with Crippen molar-refractivity contribution >= 4 is 11.8 Å². The Balaban J connectivity index is 2.70. The SMILES string of the molecule is Cc1cc(C(=O)NC(C)C(=O)NC(C)(C)C)ccc1O. The van der Waals surface area contributed by atoms with Crippen LogP contribution in [0.25, 0.3) is 0 Å². The number of aromatic hydroxyl groups is 1. The van der Waals surface area contributed by atoms with Crippen LogP contribution in [-0.2, 0) is 4.79 Å². The van der Waals surface area contributed by atoms with Crippen LogP contribution < -0.4 is 10.6 Å². The number of nitrogens with one attached hydrogen (secondary N) is 2. The fraction of sp³-hybridized carbons (Fsp3) is 0.467. The molecule has 0 fully saturated rings. The largest absolute Gasteiger partial charge is 0.508 e. The number of carbonyl (C=O) groups is 2. The van der Waals surface area contributed by atoms with Gasteiger partial charge in [-0.3, -0.25) is 9.59 Å². The molecule has 0 aliphatic rings. The van der Waals surface area contributed by atoms with E-state index in [0.717, 1.165) is 0 Å². The van der Waals surface area contributed by atoms with E-state index in [2.05, 4.69) is 10.6 Å². The first-order valence-electron chi connectivity index (χ1n) is 6.52. The number of hydrogen-bond donors (Lipinski definition) is 3. The highest BCUT2D eigenvalue weighted by Gasteiger charge is 2.21. The molecule has 0 saturated carbocycles. The topological polar surface area (TPSA) is 78.4 Å². The average molecular weight is 278 g/mol. The maximum atomic E-state index is 12.0. The summed E-state index contributed by atoms with van der Waals surface area (Å²) < 4.78 is 0. The normalized spacial score (nSPS) is 12.7. The van der Waals surface area contributed by atoms with Gasteiger partial charge in [0.05, 0.1) is 0 Å². The predicted octanol–water partition coefficient (Wildman–Crippen LogP) is 1.73. The Kier molecular flexibility index (Phi) is 4.76. The first-order valence-corrected chi connectivity index (χ1v) is 6.52. The second-order valence-corrected chi connectivity index (χ2v) is 5.94. The van der Waals surface area contributed by atoms with E-state index >= 15 is 0 Å². The van der Waals surface area contributed by atoms with Crippen LogP contribution in [0.2, 0.25) is 0 Å². The van der Waals surface area contributed by atoms with Gasteiger partial charge in [0.1, 0.15) is 11.8 Å². The van der Waals surface area contributed by atoms with Gasteiger partial charge in [-0.25, -0.2) is 0 Å². The van der Waals surface area contributed by atoms with Gasteiger partial charge in [0.15, 0.2) is 0 Å². The van der Waals surface area contributed by atoms with Crippen LogP contribution in [-0.4, -0.2) is 28.5 Å². The number of aryl methyl sites for hydroxylation is 1. The van der Waals surface area contributed by atoms with Crippen LogP contribution in [0, 0.1) is 6.92 Å². The maximum Gasteiger partial charge on any atom is 0.251 e. The van der Waals surface area contributed by atoms with Gasteiger partial charge in [0.2, 0.25) is 5.91 Å². The number of phenolic OH excluding ortho intramolecular Hbond substituents is 1. The van der Waals surface area contributed by atoms with Gasteiger partial charge < -0.3 is 15.7 Å². The van der Waals surface area contributed by atoms with Crippen molar-refractivity contribution in [3.05, 3.63) is 29.3 Å². The van der Waals surface area contributed by atoms with Crippen molar-refractivity contribution in [2.24, 2.45) is 0 Å². The summed E-state index contributed by atoms with van der Waals surface area (Å²) >= 11 is 0. The number of rotatable bonds is 3. The van der Waals surface area contributed by atoms with Gasteiger partial charge >= 0.3 is 0 Å². The van der Waals surface area contributed by atoms with E-state index in [4.69, 9.17) is 0 Å². The Bertz CT molecular complexity index is 518. The van der Waals surface area contributed by atoms with Gasteiger partial charge in [-0.2, -0.15) is 0 Å². The van der Waals surface area contributed by atoms with Crippen molar-refractivity contribution in [1.29, 1.82) is 0 Å². The minimum absolute atomic E-state index is 0.139. The van der Waals surface area contributed by atoms with Crippen molar-refractivity contribution in [2.45, 2.75) is 46.2 Å². The Morgan fingerprint density at radius 2 is 1.85 bits per heavy atom. The Hall–Kier alpha value is -2.04. The fourth-order valence-electron chi connectivity index (χ4n) is 1.62. The summed E-state index contributed by atoms with van der Waals surface area (Å²) in [7, 11) is 0. The number of amides is 2. The molecule has 1 rings (SSSR count). The van der Waals surface area contributed by atoms with E-state index in [-0.39, 0.29) is 23.1 Å². The minimum Gasteiger partial charge on any atom is -0.508 e. The summed E-state index contributed by atoms with van der Waals surface area (Å²) in [6.45, 7) is 8.97. The van der Waals surface area contributed by atoms with Crippen LogP contribution >= 0.6 is 0 Å². The number of carbonyl (C=O) groups excluding carboxylic acids is 2. The van der Waals surface area contributed by atoms with Crippen LogP contribution in [0.5, 0.6) is 5.75 Å². The lowest BCUT2D eigenvalue weighted by Gasteiger charge is -2.23. The Morgan fingerprint density at radius 1 is 1.25 bits per heavy atom. The summed E-state index contributed by atoms with van der Waals surface area (Å²) in [6.07, 6.45) is 0. The molecule has 2 amide bonds. The summed E-state index contributed by atoms with van der Waals surface area (Å²) in [5.74, 6) is -0.439. The molecule has 1 atom stereocenters. The summed E-state index contributed by atoms with van der Waals surface area (Å²) in [4.78, 5) is 23.9. The average Bonchev–Trinajstić information content (AvgIpc) is 2.30. The second kappa shape index (κ2) is 5.94. The van der Waals surface area contributed by atoms with Gasteiger partial charge in [0.25, 0.3) is 5.91 Å². The molecule has 0 saturated heterocycles. The lowest BCUT2D eigenvalue weighted by atomic mass is 10.1. The molecule has 0 radical (unpaired) electrons. The van der Waals surface area contributed by atoms with E-state index < -0.39 is 6.04 Å². The molecule has 0 aliphatic carbocycles. The minimum atomic E-state index is -0.629. The van der Waals surface area contributed by atoms with Crippen LogP contribution in [0.15, 0.2) is 18.2 Å². The number of hydrogen-bond acceptors (Lipinski definition) is 3. The molecular weight excluding hydrogens is 256 g/mol. The van der Waals surface area contributed by atoms with E-state index in [9.17, 15) is 14.7 Å². The molecule has 1 aromatic rings. The third kappa shape index (κ3) is 4.57. The molecule has 5 nitrogen and oxygen atoms in total. The van der Waals surface area contributed by atoms with Crippen molar-refractivity contribution in [2.75, 3.05) is 0 Å². The standard InChI is InChI=1S/C15H22N2O3/c1-9-8-11(6-7-12(9)18)14(20)16-10(2)13(19)17-15(3,4)5/h6-8,10,18H,1-5H3,(H,16,20)(H,17,19). The molecule has 110 valence electrons. The summed E-state index contributed by atoms with van der Waals surface area (Å²) in [5, 5.41) is 14.9. The predicted molar refractivity (Wildman–Crippen MR) is 77.7 cm³/mol. The van der Waals surface area contributed by atoms with Gasteiger partial charge in [-0.1, -0.05) is 0 Å². The summed E-state index contributed by atoms with van der Waals surface area (Å²) in [6, 6.07) is 3.94. The monoisotopic (exact) mass is 278 g/mol. The Labute approximate surface area is 119 Å². The van der Waals surface area contributed by atoms with Crippen molar-refractivity contribution in [3.63, 3.8) is 0 Å². The first-order chi connectivity index (χ1) is 9.10. The van der Waals surface area contributed by atoms with Crippen molar-refractivity contribution in [1.82, 2.24) is 10.6 Å². The molecule has 5 heteroatoms. The van der Waals surface area contributed by atoms with Crippen LogP contribution in [0.3, 0.4) is 0 Å². The molecule has 0 spiro atoms. The number of benzene rings is 1. The highest BCUT2D eigenvalue weighted by molar-refractivity contribution is 5.97. The van der Waals surface area contributed by atoms with Crippen LogP contribution in [0.1, 0.15) is 43.6 Å². The van der Waals surface area contributed by atoms with Gasteiger partial charge in [0, 0.05) is 11.1 Å². The molecule has 0 heterocycles. The fourth-order valence-corrected chi connectivity index (χ4v) is 1.62. The van der Waals surface area contributed by atoms with E-state index in [1.807, 2.05) is 20.8 Å². The lowest BCUT2D eigenvalue weighted by Crippen LogP contribution is -2.50. The molecule has 1 unspecified atom stereocenters. The van der Waals surface area contributed by atoms with Gasteiger partial charge in [-0.15, -0.1) is 0 Å². The third-order valence-electron chi connectivity index (χ3n) is 2.70. The molecule has 0 aliphatic heterocycles. The van der Waals surface area contributed by atoms with E-state index in [0.29, 0.717) is 11.1 Å². The van der Waals surface area contributed by atoms with Gasteiger partial charge in [-0.05, 0) is 58.4 Å². The number of phenols is 1. The maximum absolute atomic E-state index is 12.0. The van der Waals surface area contributed by atoms with Crippen molar-refractivity contribution in [3.8, 4) is 5.75 Å². The smallest absolute Gasteiger partial charge is 0.251 e. The molecule has 3 N–H and O–H groups in total.